The third-order valence-corrected chi connectivity index (χ3v) is 5.54. The Kier molecular flexibility index (Phi) is 3.76. The number of phenolic OH excluding ortho intramolecular Hbond substituents is 1. The van der Waals surface area contributed by atoms with Crippen LogP contribution in [0.15, 0.2) is 12.1 Å². The van der Waals surface area contributed by atoms with Crippen LogP contribution in [0.4, 0.5) is 0 Å². The van der Waals surface area contributed by atoms with E-state index >= 15 is 0 Å². The predicted octanol–water partition coefficient (Wildman–Crippen LogP) is 4.17. The smallest absolute Gasteiger partial charge is 0.121 e. The van der Waals surface area contributed by atoms with Gasteiger partial charge in [-0.25, -0.2) is 0 Å². The van der Waals surface area contributed by atoms with E-state index in [-0.39, 0.29) is 0 Å². The van der Waals surface area contributed by atoms with Gasteiger partial charge < -0.3 is 5.11 Å². The minimum atomic E-state index is 0.456. The summed E-state index contributed by atoms with van der Waals surface area (Å²) in [6, 6.07) is 4.28. The summed E-state index contributed by atoms with van der Waals surface area (Å²) < 4.78 is 0. The van der Waals surface area contributed by atoms with Crippen molar-refractivity contribution in [1.82, 2.24) is 4.90 Å². The van der Waals surface area contributed by atoms with Crippen LogP contribution in [0.1, 0.15) is 55.2 Å². The average molecular weight is 273 g/mol. The Labute approximate surface area is 122 Å². The maximum atomic E-state index is 9.86. The molecule has 2 fully saturated rings. The fourth-order valence-corrected chi connectivity index (χ4v) is 4.21. The number of piperidine rings is 1. The van der Waals surface area contributed by atoms with E-state index in [1.807, 2.05) is 13.8 Å². The van der Waals surface area contributed by atoms with Crippen molar-refractivity contribution in [1.29, 1.82) is 0 Å². The SMILES string of the molecule is Cc1cc(CN2CCC3(CCCC3)CC2)cc(C)c1O. The number of benzene rings is 1. The van der Waals surface area contributed by atoms with Crippen LogP contribution in [-0.2, 0) is 6.54 Å². The summed E-state index contributed by atoms with van der Waals surface area (Å²) in [6.07, 6.45) is 8.63. The zero-order valence-corrected chi connectivity index (χ0v) is 12.9. The standard InChI is InChI=1S/C18H27NO/c1-14-11-16(12-15(2)17(14)20)13-19-9-7-18(8-10-19)5-3-4-6-18/h11-12,20H,3-10,13H2,1-2H3. The Morgan fingerprint density at radius 2 is 1.55 bits per heavy atom. The van der Waals surface area contributed by atoms with E-state index in [1.54, 1.807) is 0 Å². The molecule has 2 heteroatoms. The summed E-state index contributed by atoms with van der Waals surface area (Å²) in [6.45, 7) is 7.53. The van der Waals surface area contributed by atoms with Gasteiger partial charge in [-0.15, -0.1) is 0 Å². The molecule has 1 saturated heterocycles. The van der Waals surface area contributed by atoms with E-state index in [0.29, 0.717) is 11.2 Å². The Hall–Kier alpha value is -1.02. The summed E-state index contributed by atoms with van der Waals surface area (Å²) in [5.74, 6) is 0.456. The summed E-state index contributed by atoms with van der Waals surface area (Å²) in [5.41, 5.74) is 4.06. The van der Waals surface area contributed by atoms with Gasteiger partial charge in [0.05, 0.1) is 0 Å². The van der Waals surface area contributed by atoms with Gasteiger partial charge in [0, 0.05) is 6.54 Å². The maximum Gasteiger partial charge on any atom is 0.121 e. The third-order valence-electron chi connectivity index (χ3n) is 5.54. The fourth-order valence-electron chi connectivity index (χ4n) is 4.21. The molecule has 0 atom stereocenters. The third kappa shape index (κ3) is 2.71. The Morgan fingerprint density at radius 1 is 1.00 bits per heavy atom. The Bertz CT molecular complexity index is 455. The summed E-state index contributed by atoms with van der Waals surface area (Å²) in [5, 5.41) is 9.86. The van der Waals surface area contributed by atoms with Crippen molar-refractivity contribution in [3.63, 3.8) is 0 Å². The molecule has 1 aromatic carbocycles. The lowest BCUT2D eigenvalue weighted by atomic mass is 9.77. The number of aromatic hydroxyl groups is 1. The van der Waals surface area contributed by atoms with Gasteiger partial charge in [-0.05, 0) is 74.7 Å². The molecule has 0 amide bonds. The van der Waals surface area contributed by atoms with Gasteiger partial charge in [0.15, 0.2) is 0 Å². The van der Waals surface area contributed by atoms with Crippen molar-refractivity contribution in [3.05, 3.63) is 28.8 Å². The number of aryl methyl sites for hydroxylation is 2. The highest BCUT2D eigenvalue weighted by atomic mass is 16.3. The lowest BCUT2D eigenvalue weighted by molar-refractivity contribution is 0.103. The molecule has 1 aromatic rings. The van der Waals surface area contributed by atoms with Gasteiger partial charge in [-0.2, -0.15) is 0 Å². The average Bonchev–Trinajstić information content (AvgIpc) is 2.87. The van der Waals surface area contributed by atoms with Gasteiger partial charge in [0.2, 0.25) is 0 Å². The molecule has 2 aliphatic rings. The molecule has 1 spiro atoms. The second-order valence-corrected chi connectivity index (χ2v) is 7.06. The topological polar surface area (TPSA) is 23.5 Å². The molecule has 0 aromatic heterocycles. The molecule has 110 valence electrons. The zero-order chi connectivity index (χ0) is 14.2. The van der Waals surface area contributed by atoms with Gasteiger partial charge in [0.1, 0.15) is 5.75 Å². The van der Waals surface area contributed by atoms with E-state index in [0.717, 1.165) is 17.7 Å². The van der Waals surface area contributed by atoms with Crippen LogP contribution in [0.3, 0.4) is 0 Å². The van der Waals surface area contributed by atoms with Crippen molar-refractivity contribution in [2.24, 2.45) is 5.41 Å². The Morgan fingerprint density at radius 3 is 2.10 bits per heavy atom. The van der Waals surface area contributed by atoms with Crippen LogP contribution in [0.5, 0.6) is 5.75 Å². The highest BCUT2D eigenvalue weighted by molar-refractivity contribution is 5.42. The largest absolute Gasteiger partial charge is 0.507 e. The van der Waals surface area contributed by atoms with Crippen LogP contribution in [0.25, 0.3) is 0 Å². The van der Waals surface area contributed by atoms with Crippen LogP contribution >= 0.6 is 0 Å². The van der Waals surface area contributed by atoms with E-state index in [9.17, 15) is 5.11 Å². The maximum absolute atomic E-state index is 9.86. The molecule has 20 heavy (non-hydrogen) atoms. The number of rotatable bonds is 2. The van der Waals surface area contributed by atoms with E-state index in [1.165, 1.54) is 57.2 Å². The number of likely N-dealkylation sites (tertiary alicyclic amines) is 1. The minimum absolute atomic E-state index is 0.456. The highest BCUT2D eigenvalue weighted by Crippen LogP contribution is 2.46. The second-order valence-electron chi connectivity index (χ2n) is 7.06. The predicted molar refractivity (Wildman–Crippen MR) is 83.0 cm³/mol. The van der Waals surface area contributed by atoms with Gasteiger partial charge in [0.25, 0.3) is 0 Å². The van der Waals surface area contributed by atoms with Gasteiger partial charge >= 0.3 is 0 Å². The van der Waals surface area contributed by atoms with E-state index in [2.05, 4.69) is 17.0 Å². The van der Waals surface area contributed by atoms with Crippen LogP contribution in [-0.4, -0.2) is 23.1 Å². The van der Waals surface area contributed by atoms with E-state index < -0.39 is 0 Å². The molecule has 2 nitrogen and oxygen atoms in total. The van der Waals surface area contributed by atoms with Crippen molar-refractivity contribution in [3.8, 4) is 5.75 Å². The number of hydrogen-bond acceptors (Lipinski definition) is 2. The van der Waals surface area contributed by atoms with Gasteiger partial charge in [-0.1, -0.05) is 25.0 Å². The first-order valence-electron chi connectivity index (χ1n) is 8.09. The molecule has 1 aliphatic carbocycles. The number of nitrogens with zero attached hydrogens (tertiary/aromatic N) is 1. The quantitative estimate of drug-likeness (QED) is 0.874. The molecular formula is C18H27NO. The lowest BCUT2D eigenvalue weighted by Gasteiger charge is -2.39. The van der Waals surface area contributed by atoms with Crippen molar-refractivity contribution in [2.75, 3.05) is 13.1 Å². The molecule has 0 unspecified atom stereocenters. The first-order valence-corrected chi connectivity index (χ1v) is 8.09. The molecule has 1 N–H and O–H groups in total. The monoisotopic (exact) mass is 273 g/mol. The number of phenols is 1. The molecule has 1 saturated carbocycles. The van der Waals surface area contributed by atoms with Gasteiger partial charge in [-0.3, -0.25) is 4.90 Å². The van der Waals surface area contributed by atoms with Crippen molar-refractivity contribution >= 4 is 0 Å². The molecular weight excluding hydrogens is 246 g/mol. The Balaban J connectivity index is 1.62. The fraction of sp³-hybridized carbons (Fsp3) is 0.667. The second kappa shape index (κ2) is 5.40. The first-order chi connectivity index (χ1) is 9.58. The minimum Gasteiger partial charge on any atom is -0.507 e. The number of hydrogen-bond donors (Lipinski definition) is 1. The normalized spacial score (nSPS) is 22.5. The first kappa shape index (κ1) is 13.9. The molecule has 3 rings (SSSR count). The zero-order valence-electron chi connectivity index (χ0n) is 12.9. The summed E-state index contributed by atoms with van der Waals surface area (Å²) in [4.78, 5) is 2.59. The van der Waals surface area contributed by atoms with Crippen LogP contribution in [0.2, 0.25) is 0 Å². The van der Waals surface area contributed by atoms with Crippen LogP contribution < -0.4 is 0 Å². The lowest BCUT2D eigenvalue weighted by Crippen LogP contribution is -2.38. The summed E-state index contributed by atoms with van der Waals surface area (Å²) >= 11 is 0. The van der Waals surface area contributed by atoms with Crippen LogP contribution in [0, 0.1) is 19.3 Å². The molecule has 1 aliphatic heterocycles. The molecule has 0 bridgehead atoms. The van der Waals surface area contributed by atoms with Crippen molar-refractivity contribution in [2.45, 2.75) is 58.9 Å². The van der Waals surface area contributed by atoms with E-state index in [4.69, 9.17) is 0 Å². The summed E-state index contributed by atoms with van der Waals surface area (Å²) in [7, 11) is 0. The van der Waals surface area contributed by atoms with Crippen molar-refractivity contribution < 1.29 is 5.11 Å². The molecule has 1 heterocycles. The highest BCUT2D eigenvalue weighted by Gasteiger charge is 2.36. The molecule has 0 radical (unpaired) electrons.